The molecule has 7 heteroatoms. The van der Waals surface area contributed by atoms with E-state index >= 15 is 0 Å². The van der Waals surface area contributed by atoms with Crippen molar-refractivity contribution in [2.75, 3.05) is 13.2 Å². The van der Waals surface area contributed by atoms with Gasteiger partial charge in [0.1, 0.15) is 12.4 Å². The quantitative estimate of drug-likeness (QED) is 0.766. The number of carbonyl (C=O) groups is 1. The maximum absolute atomic E-state index is 11.8. The molecule has 0 spiro atoms. The number of alkyl halides is 2. The predicted octanol–water partition coefficient (Wildman–Crippen LogP) is 1.31. The summed E-state index contributed by atoms with van der Waals surface area (Å²) >= 11 is 0. The molecule has 0 aromatic carbocycles. The van der Waals surface area contributed by atoms with E-state index in [9.17, 15) is 13.6 Å². The molecule has 0 aliphatic rings. The first kappa shape index (κ1) is 13.4. The normalized spacial score (nSPS) is 10.8. The van der Waals surface area contributed by atoms with Crippen molar-refractivity contribution in [3.8, 4) is 0 Å². The zero-order chi connectivity index (χ0) is 12.8. The van der Waals surface area contributed by atoms with Crippen molar-refractivity contribution in [3.05, 3.63) is 23.3 Å². The lowest BCUT2D eigenvalue weighted by molar-refractivity contribution is 0.0182. The number of ether oxygens (including phenoxy) is 1. The van der Waals surface area contributed by atoms with E-state index in [1.54, 1.807) is 6.92 Å². The third-order valence-corrected chi connectivity index (χ3v) is 1.83. The van der Waals surface area contributed by atoms with Crippen molar-refractivity contribution in [2.45, 2.75) is 19.8 Å². The van der Waals surface area contributed by atoms with Gasteiger partial charge in [-0.3, -0.25) is 0 Å². The van der Waals surface area contributed by atoms with Crippen LogP contribution in [0.4, 0.5) is 8.78 Å². The minimum Gasteiger partial charge on any atom is -0.477 e. The molecular weight excluding hydrogens is 234 g/mol. The molecule has 0 bridgehead atoms. The summed E-state index contributed by atoms with van der Waals surface area (Å²) in [5.41, 5.74) is 0.405. The molecule has 0 fully saturated rings. The zero-order valence-electron chi connectivity index (χ0n) is 9.19. The van der Waals surface area contributed by atoms with Crippen LogP contribution in [-0.2, 0) is 11.2 Å². The van der Waals surface area contributed by atoms with Crippen LogP contribution in [0.1, 0.15) is 22.0 Å². The Bertz CT molecular complexity index is 399. The van der Waals surface area contributed by atoms with Crippen molar-refractivity contribution < 1.29 is 23.4 Å². The van der Waals surface area contributed by atoms with Gasteiger partial charge in [-0.2, -0.15) is 0 Å². The highest BCUT2D eigenvalue weighted by atomic mass is 19.3. The second kappa shape index (κ2) is 6.19. The van der Waals surface area contributed by atoms with E-state index in [4.69, 9.17) is 5.11 Å². The maximum atomic E-state index is 11.8. The molecule has 0 saturated carbocycles. The van der Waals surface area contributed by atoms with Gasteiger partial charge in [-0.15, -0.1) is 0 Å². The second-order valence-corrected chi connectivity index (χ2v) is 3.33. The molecule has 0 saturated heterocycles. The summed E-state index contributed by atoms with van der Waals surface area (Å²) in [5, 5.41) is 8.76. The molecule has 1 aromatic rings. The minimum atomic E-state index is -2.51. The number of hydrogen-bond donors (Lipinski definition) is 1. The van der Waals surface area contributed by atoms with Crippen LogP contribution in [0, 0.1) is 6.92 Å². The van der Waals surface area contributed by atoms with E-state index in [0.29, 0.717) is 5.69 Å². The largest absolute Gasteiger partial charge is 0.477 e. The molecule has 0 radical (unpaired) electrons. The van der Waals surface area contributed by atoms with Crippen molar-refractivity contribution >= 4 is 5.97 Å². The number of aromatic nitrogens is 2. The third-order valence-electron chi connectivity index (χ3n) is 1.83. The van der Waals surface area contributed by atoms with E-state index in [1.807, 2.05) is 0 Å². The summed E-state index contributed by atoms with van der Waals surface area (Å²) in [6, 6.07) is 1.34. The third kappa shape index (κ3) is 4.81. The van der Waals surface area contributed by atoms with E-state index in [0.717, 1.165) is 0 Å². The summed E-state index contributed by atoms with van der Waals surface area (Å²) in [4.78, 5) is 18.5. The number of aromatic carboxylic acids is 1. The fraction of sp³-hybridized carbons (Fsp3) is 0.500. The van der Waals surface area contributed by atoms with Gasteiger partial charge in [-0.25, -0.2) is 23.5 Å². The number of carboxylic acid groups (broad SMARTS) is 1. The Kier molecular flexibility index (Phi) is 4.89. The molecule has 94 valence electrons. The molecule has 5 nitrogen and oxygen atoms in total. The Morgan fingerprint density at radius 3 is 2.82 bits per heavy atom. The summed E-state index contributed by atoms with van der Waals surface area (Å²) < 4.78 is 28.2. The van der Waals surface area contributed by atoms with E-state index in [-0.39, 0.29) is 24.5 Å². The molecule has 17 heavy (non-hydrogen) atoms. The number of aryl methyl sites for hydroxylation is 1. The highest BCUT2D eigenvalue weighted by molar-refractivity contribution is 5.85. The Hall–Kier alpha value is -1.63. The van der Waals surface area contributed by atoms with Gasteiger partial charge in [0.05, 0.1) is 6.61 Å². The molecule has 0 amide bonds. The first-order valence-electron chi connectivity index (χ1n) is 4.93. The van der Waals surface area contributed by atoms with Gasteiger partial charge in [0.15, 0.2) is 5.69 Å². The van der Waals surface area contributed by atoms with Crippen molar-refractivity contribution in [1.82, 2.24) is 9.97 Å². The van der Waals surface area contributed by atoms with Gasteiger partial charge >= 0.3 is 5.97 Å². The van der Waals surface area contributed by atoms with Crippen molar-refractivity contribution in [3.63, 3.8) is 0 Å². The van der Waals surface area contributed by atoms with Crippen LogP contribution in [0.25, 0.3) is 0 Å². The van der Waals surface area contributed by atoms with Crippen LogP contribution in [0.2, 0.25) is 0 Å². The number of halogens is 2. The molecule has 1 rings (SSSR count). The van der Waals surface area contributed by atoms with Gasteiger partial charge in [-0.05, 0) is 13.0 Å². The van der Waals surface area contributed by atoms with E-state index in [1.165, 1.54) is 6.07 Å². The molecule has 0 atom stereocenters. The standard InChI is InChI=1S/C10H12F2N2O3/c1-6-4-7(10(15)16)14-9(13-6)2-3-17-5-8(11)12/h4,8H,2-3,5H2,1H3,(H,15,16). The molecule has 1 N–H and O–H groups in total. The number of carboxylic acids is 1. The molecule has 1 heterocycles. The highest BCUT2D eigenvalue weighted by Gasteiger charge is 2.09. The average Bonchev–Trinajstić information content (AvgIpc) is 2.23. The van der Waals surface area contributed by atoms with E-state index in [2.05, 4.69) is 14.7 Å². The van der Waals surface area contributed by atoms with Crippen LogP contribution in [0.15, 0.2) is 6.07 Å². The Morgan fingerprint density at radius 1 is 1.53 bits per heavy atom. The van der Waals surface area contributed by atoms with Crippen LogP contribution in [0.5, 0.6) is 0 Å². The monoisotopic (exact) mass is 246 g/mol. The SMILES string of the molecule is Cc1cc(C(=O)O)nc(CCOCC(F)F)n1. The smallest absolute Gasteiger partial charge is 0.354 e. The Labute approximate surface area is 96.5 Å². The van der Waals surface area contributed by atoms with Gasteiger partial charge in [-0.1, -0.05) is 0 Å². The van der Waals surface area contributed by atoms with Crippen LogP contribution in [0.3, 0.4) is 0 Å². The number of rotatable bonds is 6. The fourth-order valence-electron chi connectivity index (χ4n) is 1.19. The lowest BCUT2D eigenvalue weighted by Crippen LogP contribution is -2.11. The maximum Gasteiger partial charge on any atom is 0.354 e. The van der Waals surface area contributed by atoms with Gasteiger partial charge in [0.2, 0.25) is 0 Å². The first-order chi connectivity index (χ1) is 7.99. The minimum absolute atomic E-state index is 0.0346. The van der Waals surface area contributed by atoms with Crippen LogP contribution in [-0.4, -0.2) is 40.7 Å². The highest BCUT2D eigenvalue weighted by Crippen LogP contribution is 2.02. The molecule has 0 unspecified atom stereocenters. The summed E-state index contributed by atoms with van der Waals surface area (Å²) in [6.07, 6.45) is -2.31. The number of hydrogen-bond acceptors (Lipinski definition) is 4. The summed E-state index contributed by atoms with van der Waals surface area (Å²) in [5.74, 6) is -0.873. The lowest BCUT2D eigenvalue weighted by Gasteiger charge is -2.04. The van der Waals surface area contributed by atoms with Crippen LogP contribution >= 0.6 is 0 Å². The topological polar surface area (TPSA) is 72.3 Å². The molecular formula is C10H12F2N2O3. The van der Waals surface area contributed by atoms with Gasteiger partial charge in [0.25, 0.3) is 6.43 Å². The molecule has 0 aliphatic heterocycles. The average molecular weight is 246 g/mol. The first-order valence-corrected chi connectivity index (χ1v) is 4.93. The predicted molar refractivity (Wildman–Crippen MR) is 54.3 cm³/mol. The van der Waals surface area contributed by atoms with E-state index < -0.39 is 19.0 Å². The van der Waals surface area contributed by atoms with Crippen molar-refractivity contribution in [2.24, 2.45) is 0 Å². The summed E-state index contributed by atoms with van der Waals surface area (Å²) in [6.45, 7) is 1.03. The lowest BCUT2D eigenvalue weighted by atomic mass is 10.3. The van der Waals surface area contributed by atoms with Crippen LogP contribution < -0.4 is 0 Å². The van der Waals surface area contributed by atoms with Crippen molar-refractivity contribution in [1.29, 1.82) is 0 Å². The van der Waals surface area contributed by atoms with Gasteiger partial charge < -0.3 is 9.84 Å². The Morgan fingerprint density at radius 2 is 2.24 bits per heavy atom. The molecule has 1 aromatic heterocycles. The number of nitrogens with zero attached hydrogens (tertiary/aromatic N) is 2. The zero-order valence-corrected chi connectivity index (χ0v) is 9.19. The molecule has 0 aliphatic carbocycles. The summed E-state index contributed by atoms with van der Waals surface area (Å²) in [7, 11) is 0. The fourth-order valence-corrected chi connectivity index (χ4v) is 1.19. The Balaban J connectivity index is 2.56. The van der Waals surface area contributed by atoms with Gasteiger partial charge in [0, 0.05) is 12.1 Å². The second-order valence-electron chi connectivity index (χ2n) is 3.33.